The molecule has 0 aliphatic heterocycles. The van der Waals surface area contributed by atoms with Crippen molar-refractivity contribution < 1.29 is 12.6 Å². The average molecular weight is 227 g/mol. The summed E-state index contributed by atoms with van der Waals surface area (Å²) in [5.41, 5.74) is 1.87. The Morgan fingerprint density at radius 3 is 3.07 bits per heavy atom. The first-order chi connectivity index (χ1) is 7.06. The molecule has 0 bridgehead atoms. The molecule has 1 aromatic rings. The van der Waals surface area contributed by atoms with E-state index < -0.39 is 16.2 Å². The Morgan fingerprint density at radius 2 is 2.33 bits per heavy atom. The minimum atomic E-state index is -3.41. The maximum absolute atomic E-state index is 11.1. The van der Waals surface area contributed by atoms with Crippen LogP contribution in [0, 0.1) is 0 Å². The summed E-state index contributed by atoms with van der Waals surface area (Å²) in [4.78, 5) is 4.20. The van der Waals surface area contributed by atoms with Crippen molar-refractivity contribution in [3.8, 4) is 0 Å². The molecule has 2 rings (SSSR count). The molecule has 1 atom stereocenters. The highest BCUT2D eigenvalue weighted by Gasteiger charge is 2.25. The Labute approximate surface area is 89.4 Å². The molecular formula is C10H13NO3S. The van der Waals surface area contributed by atoms with E-state index in [1.807, 2.05) is 12.1 Å². The highest BCUT2D eigenvalue weighted by atomic mass is 32.2. The van der Waals surface area contributed by atoms with Gasteiger partial charge in [0, 0.05) is 6.20 Å². The standard InChI is InChI=1S/C10H13NO3S/c1-15(12,13)14-9-6-2-4-8-5-3-7-11-10(8)9/h3,5,7,9H,2,4,6H2,1H3/t9-/m0/s1. The van der Waals surface area contributed by atoms with Crippen LogP contribution in [0.25, 0.3) is 0 Å². The van der Waals surface area contributed by atoms with Crippen LogP contribution in [0.2, 0.25) is 0 Å². The third kappa shape index (κ3) is 2.54. The van der Waals surface area contributed by atoms with Gasteiger partial charge >= 0.3 is 0 Å². The van der Waals surface area contributed by atoms with E-state index >= 15 is 0 Å². The number of aromatic nitrogens is 1. The van der Waals surface area contributed by atoms with E-state index in [9.17, 15) is 8.42 Å². The van der Waals surface area contributed by atoms with Gasteiger partial charge in [-0.15, -0.1) is 0 Å². The first-order valence-electron chi connectivity index (χ1n) is 4.88. The summed E-state index contributed by atoms with van der Waals surface area (Å²) >= 11 is 0. The number of fused-ring (bicyclic) bond motifs is 1. The van der Waals surface area contributed by atoms with Crippen molar-refractivity contribution in [3.63, 3.8) is 0 Å². The van der Waals surface area contributed by atoms with Gasteiger partial charge < -0.3 is 0 Å². The van der Waals surface area contributed by atoms with Gasteiger partial charge in [0.25, 0.3) is 10.1 Å². The number of aryl methyl sites for hydroxylation is 1. The Morgan fingerprint density at radius 1 is 1.53 bits per heavy atom. The van der Waals surface area contributed by atoms with E-state index in [0.717, 1.165) is 36.8 Å². The van der Waals surface area contributed by atoms with Gasteiger partial charge in [-0.3, -0.25) is 9.17 Å². The topological polar surface area (TPSA) is 56.3 Å². The third-order valence-electron chi connectivity index (χ3n) is 2.43. The second-order valence-electron chi connectivity index (χ2n) is 3.73. The van der Waals surface area contributed by atoms with Crippen LogP contribution < -0.4 is 0 Å². The van der Waals surface area contributed by atoms with Gasteiger partial charge in [-0.2, -0.15) is 8.42 Å². The van der Waals surface area contributed by atoms with Gasteiger partial charge in [-0.25, -0.2) is 0 Å². The lowest BCUT2D eigenvalue weighted by Gasteiger charge is -2.22. The average Bonchev–Trinajstić information content (AvgIpc) is 2.16. The van der Waals surface area contributed by atoms with Crippen LogP contribution in [0.5, 0.6) is 0 Å². The molecule has 1 heterocycles. The number of nitrogens with zero attached hydrogens (tertiary/aromatic N) is 1. The number of hydrogen-bond donors (Lipinski definition) is 0. The van der Waals surface area contributed by atoms with Gasteiger partial charge in [-0.1, -0.05) is 6.07 Å². The van der Waals surface area contributed by atoms with Crippen molar-refractivity contribution in [2.45, 2.75) is 25.4 Å². The van der Waals surface area contributed by atoms with Crippen molar-refractivity contribution in [2.75, 3.05) is 6.26 Å². The van der Waals surface area contributed by atoms with Crippen LogP contribution in [-0.2, 0) is 20.7 Å². The Balaban J connectivity index is 2.30. The summed E-state index contributed by atoms with van der Waals surface area (Å²) in [5, 5.41) is 0. The first kappa shape index (κ1) is 10.6. The van der Waals surface area contributed by atoms with Gasteiger partial charge in [0.2, 0.25) is 0 Å². The predicted octanol–water partition coefficient (Wildman–Crippen LogP) is 1.44. The SMILES string of the molecule is CS(=O)(=O)O[C@H]1CCCc2cccnc21. The second-order valence-corrected chi connectivity index (χ2v) is 5.33. The van der Waals surface area contributed by atoms with Crippen molar-refractivity contribution in [1.82, 2.24) is 4.98 Å². The van der Waals surface area contributed by atoms with Gasteiger partial charge in [-0.05, 0) is 30.9 Å². The summed E-state index contributed by atoms with van der Waals surface area (Å²) in [5.74, 6) is 0. The summed E-state index contributed by atoms with van der Waals surface area (Å²) in [6.45, 7) is 0. The molecule has 4 nitrogen and oxygen atoms in total. The minimum absolute atomic E-state index is 0.398. The fourth-order valence-corrected chi connectivity index (χ4v) is 2.48. The molecule has 0 saturated heterocycles. The Bertz CT molecular complexity index is 455. The second kappa shape index (κ2) is 3.90. The van der Waals surface area contributed by atoms with Crippen LogP contribution in [0.15, 0.2) is 18.3 Å². The number of rotatable bonds is 2. The minimum Gasteiger partial charge on any atom is -0.260 e. The van der Waals surface area contributed by atoms with Crippen molar-refractivity contribution in [1.29, 1.82) is 0 Å². The third-order valence-corrected chi connectivity index (χ3v) is 3.02. The zero-order chi connectivity index (χ0) is 10.9. The van der Waals surface area contributed by atoms with E-state index in [-0.39, 0.29) is 0 Å². The molecule has 0 saturated carbocycles. The summed E-state index contributed by atoms with van der Waals surface area (Å²) in [7, 11) is -3.41. The summed E-state index contributed by atoms with van der Waals surface area (Å²) in [6.07, 6.45) is 4.96. The maximum atomic E-state index is 11.1. The molecule has 82 valence electrons. The van der Waals surface area contributed by atoms with Crippen LogP contribution in [0.3, 0.4) is 0 Å². The fraction of sp³-hybridized carbons (Fsp3) is 0.500. The monoisotopic (exact) mass is 227 g/mol. The Hall–Kier alpha value is -0.940. The van der Waals surface area contributed by atoms with Gasteiger partial charge in [0.15, 0.2) is 0 Å². The quantitative estimate of drug-likeness (QED) is 0.717. The zero-order valence-electron chi connectivity index (χ0n) is 8.51. The van der Waals surface area contributed by atoms with E-state index in [1.54, 1.807) is 6.20 Å². The normalized spacial score (nSPS) is 21.0. The Kier molecular flexibility index (Phi) is 2.75. The molecule has 0 fully saturated rings. The van der Waals surface area contributed by atoms with Crippen LogP contribution in [0.4, 0.5) is 0 Å². The molecule has 1 aromatic heterocycles. The summed E-state index contributed by atoms with van der Waals surface area (Å²) in [6, 6.07) is 3.84. The molecule has 5 heteroatoms. The van der Waals surface area contributed by atoms with E-state index in [2.05, 4.69) is 4.98 Å². The van der Waals surface area contributed by atoms with Crippen LogP contribution in [-0.4, -0.2) is 19.7 Å². The molecule has 15 heavy (non-hydrogen) atoms. The van der Waals surface area contributed by atoms with Crippen molar-refractivity contribution >= 4 is 10.1 Å². The molecule has 0 amide bonds. The lowest BCUT2D eigenvalue weighted by Crippen LogP contribution is -2.17. The molecular weight excluding hydrogens is 214 g/mol. The van der Waals surface area contributed by atoms with Gasteiger partial charge in [0.1, 0.15) is 6.10 Å². The van der Waals surface area contributed by atoms with Crippen molar-refractivity contribution in [2.24, 2.45) is 0 Å². The molecule has 0 spiro atoms. The predicted molar refractivity (Wildman–Crippen MR) is 55.8 cm³/mol. The first-order valence-corrected chi connectivity index (χ1v) is 6.70. The number of hydrogen-bond acceptors (Lipinski definition) is 4. The lowest BCUT2D eigenvalue weighted by molar-refractivity contribution is 0.188. The van der Waals surface area contributed by atoms with E-state index in [0.29, 0.717) is 0 Å². The van der Waals surface area contributed by atoms with Crippen LogP contribution >= 0.6 is 0 Å². The molecule has 1 aliphatic carbocycles. The lowest BCUT2D eigenvalue weighted by atomic mass is 9.94. The highest BCUT2D eigenvalue weighted by molar-refractivity contribution is 7.86. The molecule has 0 N–H and O–H groups in total. The largest absolute Gasteiger partial charge is 0.265 e. The molecule has 0 aromatic carbocycles. The van der Waals surface area contributed by atoms with E-state index in [1.165, 1.54) is 0 Å². The number of pyridine rings is 1. The molecule has 0 radical (unpaired) electrons. The fourth-order valence-electron chi connectivity index (χ4n) is 1.87. The zero-order valence-corrected chi connectivity index (χ0v) is 9.33. The van der Waals surface area contributed by atoms with E-state index in [4.69, 9.17) is 4.18 Å². The maximum Gasteiger partial charge on any atom is 0.265 e. The summed E-state index contributed by atoms with van der Waals surface area (Å²) < 4.78 is 27.1. The van der Waals surface area contributed by atoms with Crippen molar-refractivity contribution in [3.05, 3.63) is 29.6 Å². The molecule has 0 unspecified atom stereocenters. The smallest absolute Gasteiger partial charge is 0.260 e. The molecule has 1 aliphatic rings. The highest BCUT2D eigenvalue weighted by Crippen LogP contribution is 2.31. The van der Waals surface area contributed by atoms with Gasteiger partial charge in [0.05, 0.1) is 11.9 Å². The van der Waals surface area contributed by atoms with Crippen LogP contribution in [0.1, 0.15) is 30.2 Å².